The van der Waals surface area contributed by atoms with Crippen LogP contribution in [0.3, 0.4) is 0 Å². The molecule has 1 rings (SSSR count). The second-order valence-corrected chi connectivity index (χ2v) is 3.90. The van der Waals surface area contributed by atoms with E-state index in [-0.39, 0.29) is 17.7 Å². The highest BCUT2D eigenvalue weighted by molar-refractivity contribution is 8.01. The van der Waals surface area contributed by atoms with Gasteiger partial charge >= 0.3 is 0 Å². The molecule has 0 spiro atoms. The maximum atomic E-state index is 11.3. The van der Waals surface area contributed by atoms with Crippen LogP contribution in [0.25, 0.3) is 0 Å². The Labute approximate surface area is 76.5 Å². The Morgan fingerprint density at radius 2 is 2.33 bits per heavy atom. The Kier molecular flexibility index (Phi) is 3.14. The lowest BCUT2D eigenvalue weighted by Gasteiger charge is -2.11. The molecule has 1 heterocycles. The molecule has 0 N–H and O–H groups in total. The fraction of sp³-hybridized carbons (Fsp3) is 0.625. The van der Waals surface area contributed by atoms with Crippen LogP contribution in [0.15, 0.2) is 0 Å². The lowest BCUT2D eigenvalue weighted by Crippen LogP contribution is -2.26. The molecule has 68 valence electrons. The molecular formula is C8H12NO2S-. The van der Waals surface area contributed by atoms with Gasteiger partial charge in [0.05, 0.1) is 5.92 Å². The first-order valence-electron chi connectivity index (χ1n) is 3.86. The van der Waals surface area contributed by atoms with Gasteiger partial charge in [-0.05, 0) is 5.75 Å². The summed E-state index contributed by atoms with van der Waals surface area (Å²) in [5, 5.41) is 0. The SMILES string of the molecule is C[CH-]SCC1CC(=O)N(C)C1=O. The topological polar surface area (TPSA) is 37.4 Å². The van der Waals surface area contributed by atoms with E-state index < -0.39 is 0 Å². The highest BCUT2D eigenvalue weighted by atomic mass is 32.2. The average Bonchev–Trinajstić information content (AvgIpc) is 2.30. The van der Waals surface area contributed by atoms with Crippen molar-refractivity contribution in [1.82, 2.24) is 4.90 Å². The summed E-state index contributed by atoms with van der Waals surface area (Å²) in [7, 11) is 1.55. The summed E-state index contributed by atoms with van der Waals surface area (Å²) in [5.74, 6) is 2.49. The third-order valence-electron chi connectivity index (χ3n) is 1.94. The van der Waals surface area contributed by atoms with Gasteiger partial charge in [-0.1, -0.05) is 0 Å². The molecule has 1 aliphatic rings. The van der Waals surface area contributed by atoms with Crippen LogP contribution < -0.4 is 0 Å². The van der Waals surface area contributed by atoms with Crippen LogP contribution in [0, 0.1) is 11.7 Å². The third-order valence-corrected chi connectivity index (χ3v) is 2.87. The Bertz CT molecular complexity index is 205. The van der Waals surface area contributed by atoms with E-state index in [4.69, 9.17) is 0 Å². The highest BCUT2D eigenvalue weighted by Gasteiger charge is 2.34. The van der Waals surface area contributed by atoms with E-state index in [9.17, 15) is 9.59 Å². The number of nitrogens with zero attached hydrogens (tertiary/aromatic N) is 1. The number of thioether (sulfide) groups is 1. The van der Waals surface area contributed by atoms with E-state index in [0.717, 1.165) is 5.75 Å². The van der Waals surface area contributed by atoms with Crippen LogP contribution >= 0.6 is 11.8 Å². The maximum absolute atomic E-state index is 11.3. The van der Waals surface area contributed by atoms with E-state index in [0.29, 0.717) is 6.42 Å². The van der Waals surface area contributed by atoms with E-state index in [1.165, 1.54) is 4.90 Å². The average molecular weight is 186 g/mol. The predicted molar refractivity (Wildman–Crippen MR) is 48.3 cm³/mol. The Morgan fingerprint density at radius 3 is 2.75 bits per heavy atom. The molecule has 0 radical (unpaired) electrons. The smallest absolute Gasteiger partial charge is 0.233 e. The Morgan fingerprint density at radius 1 is 1.67 bits per heavy atom. The van der Waals surface area contributed by atoms with Crippen LogP contribution in [0.2, 0.25) is 0 Å². The first-order valence-corrected chi connectivity index (χ1v) is 4.91. The van der Waals surface area contributed by atoms with Crippen LogP contribution in [-0.4, -0.2) is 29.5 Å². The van der Waals surface area contributed by atoms with Gasteiger partial charge in [0.2, 0.25) is 11.8 Å². The van der Waals surface area contributed by atoms with Crippen molar-refractivity contribution in [1.29, 1.82) is 0 Å². The molecule has 1 saturated heterocycles. The van der Waals surface area contributed by atoms with Crippen LogP contribution in [0.1, 0.15) is 13.3 Å². The van der Waals surface area contributed by atoms with Crippen molar-refractivity contribution in [3.63, 3.8) is 0 Å². The van der Waals surface area contributed by atoms with Gasteiger partial charge < -0.3 is 11.8 Å². The van der Waals surface area contributed by atoms with Gasteiger partial charge in [0.1, 0.15) is 0 Å². The van der Waals surface area contributed by atoms with Crippen molar-refractivity contribution in [2.45, 2.75) is 13.3 Å². The van der Waals surface area contributed by atoms with E-state index in [1.807, 2.05) is 12.7 Å². The van der Waals surface area contributed by atoms with Gasteiger partial charge in [-0.2, -0.15) is 6.92 Å². The molecular weight excluding hydrogens is 174 g/mol. The maximum Gasteiger partial charge on any atom is 0.233 e. The fourth-order valence-electron chi connectivity index (χ4n) is 1.17. The zero-order valence-corrected chi connectivity index (χ0v) is 8.06. The molecule has 1 unspecified atom stereocenters. The monoisotopic (exact) mass is 186 g/mol. The zero-order chi connectivity index (χ0) is 9.14. The van der Waals surface area contributed by atoms with Crippen molar-refractivity contribution in [2.24, 2.45) is 5.92 Å². The minimum absolute atomic E-state index is 0.0330. The normalized spacial score (nSPS) is 23.8. The number of hydrogen-bond donors (Lipinski definition) is 0. The lowest BCUT2D eigenvalue weighted by atomic mass is 10.1. The zero-order valence-electron chi connectivity index (χ0n) is 7.24. The molecule has 2 amide bonds. The second kappa shape index (κ2) is 3.94. The molecule has 0 aromatic rings. The van der Waals surface area contributed by atoms with E-state index in [2.05, 4.69) is 0 Å². The predicted octanol–water partition coefficient (Wildman–Crippen LogP) is 0.906. The summed E-state index contributed by atoms with van der Waals surface area (Å²) in [6.07, 6.45) is 0.385. The van der Waals surface area contributed by atoms with Gasteiger partial charge in [-0.15, -0.1) is 0 Å². The third kappa shape index (κ3) is 1.80. The van der Waals surface area contributed by atoms with Gasteiger partial charge in [0.15, 0.2) is 0 Å². The molecule has 0 bridgehead atoms. The molecule has 3 nitrogen and oxygen atoms in total. The van der Waals surface area contributed by atoms with Gasteiger partial charge in [-0.3, -0.25) is 20.2 Å². The Balaban J connectivity index is 2.47. The number of rotatable bonds is 3. The molecule has 0 aromatic heterocycles. The van der Waals surface area contributed by atoms with Crippen molar-refractivity contribution >= 4 is 23.6 Å². The quantitative estimate of drug-likeness (QED) is 0.485. The molecule has 0 aliphatic carbocycles. The van der Waals surface area contributed by atoms with Crippen LogP contribution in [0.4, 0.5) is 0 Å². The number of imide groups is 1. The molecule has 1 aliphatic heterocycles. The fourth-order valence-corrected chi connectivity index (χ4v) is 1.86. The summed E-state index contributed by atoms with van der Waals surface area (Å²) in [5.41, 5.74) is 0. The highest BCUT2D eigenvalue weighted by Crippen LogP contribution is 2.22. The minimum atomic E-state index is -0.0938. The van der Waals surface area contributed by atoms with Gasteiger partial charge in [0.25, 0.3) is 0 Å². The largest absolute Gasteiger partial charge is 0.351 e. The molecule has 1 fully saturated rings. The van der Waals surface area contributed by atoms with Crippen molar-refractivity contribution in [2.75, 3.05) is 12.8 Å². The molecule has 0 aromatic carbocycles. The van der Waals surface area contributed by atoms with Gasteiger partial charge in [-0.25, -0.2) is 0 Å². The summed E-state index contributed by atoms with van der Waals surface area (Å²) in [6, 6.07) is 0. The number of carbonyl (C=O) groups excluding carboxylic acids is 2. The van der Waals surface area contributed by atoms with E-state index >= 15 is 0 Å². The first-order chi connectivity index (χ1) is 5.66. The standard InChI is InChI=1S/C8H12NO2S/c1-3-12-5-6-4-7(10)9(2)8(6)11/h3,6H,4-5H2,1-2H3/q-1. The molecule has 4 heteroatoms. The van der Waals surface area contributed by atoms with Crippen molar-refractivity contribution < 1.29 is 9.59 Å². The van der Waals surface area contributed by atoms with Crippen molar-refractivity contribution in [3.05, 3.63) is 5.75 Å². The first kappa shape index (κ1) is 9.58. The summed E-state index contributed by atoms with van der Waals surface area (Å²) in [6.45, 7) is 1.93. The lowest BCUT2D eigenvalue weighted by molar-refractivity contribution is -0.137. The minimum Gasteiger partial charge on any atom is -0.351 e. The van der Waals surface area contributed by atoms with Crippen LogP contribution in [0.5, 0.6) is 0 Å². The number of likely N-dealkylation sites (tertiary alicyclic amines) is 1. The number of carbonyl (C=O) groups is 2. The molecule has 12 heavy (non-hydrogen) atoms. The number of hydrogen-bond acceptors (Lipinski definition) is 3. The summed E-state index contributed by atoms with van der Waals surface area (Å²) in [4.78, 5) is 23.6. The summed E-state index contributed by atoms with van der Waals surface area (Å²) < 4.78 is 0. The van der Waals surface area contributed by atoms with Crippen LogP contribution in [-0.2, 0) is 9.59 Å². The number of amides is 2. The molecule has 0 saturated carbocycles. The second-order valence-electron chi connectivity index (χ2n) is 2.76. The van der Waals surface area contributed by atoms with E-state index in [1.54, 1.807) is 18.8 Å². The molecule has 1 atom stereocenters. The Hall–Kier alpha value is -0.510. The van der Waals surface area contributed by atoms with Crippen molar-refractivity contribution in [3.8, 4) is 0 Å². The summed E-state index contributed by atoms with van der Waals surface area (Å²) >= 11 is 1.59. The van der Waals surface area contributed by atoms with Gasteiger partial charge in [0, 0.05) is 13.5 Å².